The van der Waals surface area contributed by atoms with Crippen LogP contribution in [-0.4, -0.2) is 82.0 Å². The fraction of sp³-hybridized carbons (Fsp3) is 0.162. The molecule has 16 heteroatoms. The first-order valence-corrected chi connectivity index (χ1v) is 30.4. The zero-order valence-corrected chi connectivity index (χ0v) is 48.5. The minimum Gasteiger partial charge on any atom is -0.324 e. The summed E-state index contributed by atoms with van der Waals surface area (Å²) >= 11 is 0. The predicted octanol–water partition coefficient (Wildman–Crippen LogP) is 14.0. The van der Waals surface area contributed by atoms with Crippen molar-refractivity contribution in [3.63, 3.8) is 0 Å². The third-order valence-electron chi connectivity index (χ3n) is 18.3. The summed E-state index contributed by atoms with van der Waals surface area (Å²) in [7, 11) is 0. The third-order valence-corrected chi connectivity index (χ3v) is 18.3. The van der Waals surface area contributed by atoms with Gasteiger partial charge in [0, 0.05) is 92.0 Å². The molecule has 0 atom stereocenters. The molecule has 0 aromatic heterocycles. The maximum atomic E-state index is 14.8. The van der Waals surface area contributed by atoms with Crippen LogP contribution in [0.15, 0.2) is 170 Å². The first kappa shape index (κ1) is 55.3. The highest BCUT2D eigenvalue weighted by atomic mass is 16.2. The smallest absolute Gasteiger partial charge is 0.266 e. The van der Waals surface area contributed by atoms with E-state index < -0.39 is 23.6 Å². The topological polar surface area (TPSA) is 208 Å². The maximum absolute atomic E-state index is 14.8. The Bertz CT molecular complexity index is 4530. The lowest BCUT2D eigenvalue weighted by molar-refractivity contribution is -0.117. The van der Waals surface area contributed by atoms with Gasteiger partial charge in [0.2, 0.25) is 11.8 Å². The Hall–Kier alpha value is -11.3. The van der Waals surface area contributed by atoms with Crippen LogP contribution in [0.1, 0.15) is 147 Å². The third kappa shape index (κ3) is 8.72. The van der Waals surface area contributed by atoms with Gasteiger partial charge in [-0.3, -0.25) is 57.7 Å². The molecule has 90 heavy (non-hydrogen) atoms. The summed E-state index contributed by atoms with van der Waals surface area (Å²) in [6.07, 6.45) is 5.19. The first-order valence-electron chi connectivity index (χ1n) is 30.4. The minimum atomic E-state index is -0.573. The largest absolute Gasteiger partial charge is 0.324 e. The van der Waals surface area contributed by atoms with Crippen molar-refractivity contribution in [2.24, 2.45) is 0 Å². The number of para-hydroxylation sites is 4. The predicted molar refractivity (Wildman–Crippen MR) is 345 cm³/mol. The molecule has 0 spiro atoms. The molecule has 0 aliphatic carbocycles. The number of anilines is 4. The van der Waals surface area contributed by atoms with Crippen molar-refractivity contribution in [3.05, 3.63) is 214 Å². The van der Waals surface area contributed by atoms with Crippen molar-refractivity contribution in [2.75, 3.05) is 33.5 Å². The van der Waals surface area contributed by atoms with Gasteiger partial charge in [-0.05, 0) is 142 Å². The summed E-state index contributed by atoms with van der Waals surface area (Å²) in [5, 5.41) is 14.1. The molecule has 0 radical (unpaired) electrons. The number of benzene rings is 11. The number of imide groups is 4. The van der Waals surface area contributed by atoms with Gasteiger partial charge in [0.05, 0.1) is 22.7 Å². The first-order chi connectivity index (χ1) is 43.9. The van der Waals surface area contributed by atoms with Gasteiger partial charge in [-0.2, -0.15) is 0 Å². The average molecular weight is 1190 g/mol. The molecule has 10 amide bonds. The van der Waals surface area contributed by atoms with Crippen LogP contribution in [0, 0.1) is 0 Å². The van der Waals surface area contributed by atoms with Crippen LogP contribution in [0.5, 0.6) is 0 Å². The Kier molecular flexibility index (Phi) is 13.4. The van der Waals surface area contributed by atoms with Gasteiger partial charge in [-0.25, -0.2) is 9.80 Å². The number of nitrogens with zero attached hydrogens (tertiary/aromatic N) is 4. The van der Waals surface area contributed by atoms with Crippen LogP contribution < -0.4 is 20.4 Å². The molecule has 0 bridgehead atoms. The van der Waals surface area contributed by atoms with Crippen LogP contribution in [0.3, 0.4) is 0 Å². The van der Waals surface area contributed by atoms with Crippen LogP contribution in [0.4, 0.5) is 22.7 Å². The summed E-state index contributed by atoms with van der Waals surface area (Å²) in [6, 6.07) is 49.3. The number of carbonyl (C=O) groups is 10. The molecule has 15 rings (SSSR count). The molecule has 0 saturated carbocycles. The highest BCUT2D eigenvalue weighted by molar-refractivity contribution is 6.46. The number of hydrogen-bond donors (Lipinski definition) is 2. The number of unbranched alkanes of at least 4 members (excludes halogenated alkanes) is 6. The second-order valence-corrected chi connectivity index (χ2v) is 23.4. The summed E-state index contributed by atoms with van der Waals surface area (Å²) in [5.74, 6) is -4.13. The van der Waals surface area contributed by atoms with E-state index in [1.54, 1.807) is 97.1 Å². The van der Waals surface area contributed by atoms with Crippen molar-refractivity contribution >= 4 is 146 Å². The molecule has 440 valence electrons. The second kappa shape index (κ2) is 21.9. The molecule has 4 aliphatic heterocycles. The molecule has 4 aliphatic rings. The van der Waals surface area contributed by atoms with E-state index in [2.05, 4.69) is 10.6 Å². The summed E-state index contributed by atoms with van der Waals surface area (Å²) in [4.78, 5) is 145. The number of carbonyl (C=O) groups excluding carboxylic acids is 10. The van der Waals surface area contributed by atoms with Gasteiger partial charge < -0.3 is 10.6 Å². The fourth-order valence-corrected chi connectivity index (χ4v) is 14.1. The normalized spacial score (nSPS) is 14.5. The number of rotatable bonds is 18. The van der Waals surface area contributed by atoms with E-state index in [9.17, 15) is 47.9 Å². The maximum Gasteiger partial charge on any atom is 0.266 e. The molecule has 0 fully saturated rings. The lowest BCUT2D eigenvalue weighted by Crippen LogP contribution is -2.41. The van der Waals surface area contributed by atoms with E-state index in [4.69, 9.17) is 0 Å². The Labute approximate surface area is 513 Å². The van der Waals surface area contributed by atoms with Crippen molar-refractivity contribution < 1.29 is 47.9 Å². The standard InChI is InChI=1S/C74H54N6O10/c81-59(29-5-1-3-11-39-77-67(83)47-21-13-17-41-18-14-22-48(61(41)47)68(77)84)75-55-25-7-9-27-57(55)79-71(87)51-35-31-43-45-33-37-53-66-54(38-34-46(64(45)66)44-32-36-52(72(79)88)65(51)63(43)44)74(90)80(73(53)89)58-28-10-8-26-56(58)76-60(82)30-6-2-4-12-40-78-69(85)49-23-15-19-42-20-16-24-50(62(42)49)70(78)86/h7-10,13-28,31-38H,1-6,11-12,29-30,39-40H2,(H,75,81)(H,76,82). The number of nitrogens with one attached hydrogen (secondary N) is 2. The van der Waals surface area contributed by atoms with E-state index in [1.165, 1.54) is 9.80 Å². The van der Waals surface area contributed by atoms with Crippen molar-refractivity contribution in [1.29, 1.82) is 0 Å². The summed E-state index contributed by atoms with van der Waals surface area (Å²) < 4.78 is 0. The number of hydrogen-bond acceptors (Lipinski definition) is 10. The highest BCUT2D eigenvalue weighted by Crippen LogP contribution is 2.48. The molecule has 0 unspecified atom stereocenters. The lowest BCUT2D eigenvalue weighted by atomic mass is 9.82. The number of amides is 10. The monoisotopic (exact) mass is 1190 g/mol. The molecule has 0 saturated heterocycles. The van der Waals surface area contributed by atoms with Gasteiger partial charge in [0.25, 0.3) is 47.3 Å². The van der Waals surface area contributed by atoms with Crippen molar-refractivity contribution in [1.82, 2.24) is 9.80 Å². The Balaban J connectivity index is 0.610. The van der Waals surface area contributed by atoms with Gasteiger partial charge in [-0.1, -0.05) is 123 Å². The lowest BCUT2D eigenvalue weighted by Gasteiger charge is -2.31. The molecular formula is C74H54N6O10. The van der Waals surface area contributed by atoms with Gasteiger partial charge in [0.15, 0.2) is 0 Å². The zero-order chi connectivity index (χ0) is 61.6. The van der Waals surface area contributed by atoms with E-state index >= 15 is 0 Å². The molecule has 16 nitrogen and oxygen atoms in total. The van der Waals surface area contributed by atoms with Gasteiger partial charge in [-0.15, -0.1) is 0 Å². The molecular weight excluding hydrogens is 1130 g/mol. The van der Waals surface area contributed by atoms with Crippen LogP contribution in [0.25, 0.3) is 64.6 Å². The minimum absolute atomic E-state index is 0.156. The molecule has 11 aromatic carbocycles. The summed E-state index contributed by atoms with van der Waals surface area (Å²) in [6.45, 7) is 0.520. The highest BCUT2D eigenvalue weighted by Gasteiger charge is 2.40. The Morgan fingerprint density at radius 3 is 0.911 bits per heavy atom. The van der Waals surface area contributed by atoms with Crippen molar-refractivity contribution in [3.8, 4) is 0 Å². The SMILES string of the molecule is O=C(CCCCCCN1C(=O)c2cccc3cccc(c23)C1=O)Nc1ccccc1N1C(=O)c2ccc3c4ccc5c6c(ccc(c7ccc(c2c37)C1=O)c64)C(=O)N(c1ccccc1NC(=O)CCCCCCN1C(=O)c2cccc3cccc(c23)C1=O)C5=O. The quantitative estimate of drug-likeness (QED) is 0.0359. The Morgan fingerprint density at radius 2 is 0.578 bits per heavy atom. The second-order valence-electron chi connectivity index (χ2n) is 23.4. The zero-order valence-electron chi connectivity index (χ0n) is 48.5. The molecule has 4 heterocycles. The van der Waals surface area contributed by atoms with Crippen LogP contribution in [0.2, 0.25) is 0 Å². The van der Waals surface area contributed by atoms with Crippen LogP contribution in [-0.2, 0) is 9.59 Å². The average Bonchev–Trinajstić information content (AvgIpc) is 0.695. The van der Waals surface area contributed by atoms with E-state index in [1.807, 2.05) is 72.8 Å². The van der Waals surface area contributed by atoms with Crippen LogP contribution >= 0.6 is 0 Å². The van der Waals surface area contributed by atoms with Gasteiger partial charge in [0.1, 0.15) is 0 Å². The molecule has 2 N–H and O–H groups in total. The van der Waals surface area contributed by atoms with E-state index in [0.717, 1.165) is 20.6 Å². The van der Waals surface area contributed by atoms with Crippen molar-refractivity contribution in [2.45, 2.75) is 64.2 Å². The fourth-order valence-electron chi connectivity index (χ4n) is 14.1. The Morgan fingerprint density at radius 1 is 0.278 bits per heavy atom. The number of fused-ring (bicyclic) bond motifs is 2. The van der Waals surface area contributed by atoms with Gasteiger partial charge >= 0.3 is 0 Å². The van der Waals surface area contributed by atoms with E-state index in [-0.39, 0.29) is 106 Å². The molecule has 11 aromatic rings. The van der Waals surface area contributed by atoms with E-state index in [0.29, 0.717) is 127 Å². The summed E-state index contributed by atoms with van der Waals surface area (Å²) in [5.41, 5.74) is 4.20.